The maximum Gasteiger partial charge on any atom is 0.345 e. The van der Waals surface area contributed by atoms with E-state index in [0.717, 1.165) is 22.0 Å². The van der Waals surface area contributed by atoms with Crippen molar-refractivity contribution in [1.82, 2.24) is 24.1 Å². The van der Waals surface area contributed by atoms with Crippen molar-refractivity contribution in [3.8, 4) is 0 Å². The van der Waals surface area contributed by atoms with Crippen LogP contribution in [0.3, 0.4) is 0 Å². The highest BCUT2D eigenvalue weighted by atomic mass is 32.1. The molecule has 2 aliphatic heterocycles. The standard InChI is InChI=1S/C19H25N5O3S.CH2O2/c1-13-4-6-15(28-13)18(26)23-9-3-8-22(10-11-23)17(25)14-5-7-16-20-21(2)19(27)24(16)12-14;2-1-3/h4,6,14H,3,5,7-12H2,1-2H3;1H,(H,2,3). The third kappa shape index (κ3) is 5.04. The average Bonchev–Trinajstić information content (AvgIpc) is 3.20. The summed E-state index contributed by atoms with van der Waals surface area (Å²) in [5.41, 5.74) is -0.161. The van der Waals surface area contributed by atoms with Crippen LogP contribution in [0.5, 0.6) is 0 Å². The molecule has 0 spiro atoms. The molecule has 1 saturated heterocycles. The molecule has 1 fully saturated rings. The molecule has 2 amide bonds. The molecule has 2 aromatic rings. The number of hydrogen-bond donors (Lipinski definition) is 1. The van der Waals surface area contributed by atoms with Crippen molar-refractivity contribution in [2.45, 2.75) is 32.7 Å². The van der Waals surface area contributed by atoms with E-state index in [-0.39, 0.29) is 29.9 Å². The summed E-state index contributed by atoms with van der Waals surface area (Å²) >= 11 is 1.51. The molecular formula is C20H27N5O5S. The number of carbonyl (C=O) groups is 3. The number of nitrogens with zero attached hydrogens (tertiary/aromatic N) is 5. The van der Waals surface area contributed by atoms with Crippen molar-refractivity contribution in [2.24, 2.45) is 13.0 Å². The summed E-state index contributed by atoms with van der Waals surface area (Å²) < 4.78 is 2.96. The van der Waals surface area contributed by atoms with Gasteiger partial charge in [-0.15, -0.1) is 11.3 Å². The molecule has 31 heavy (non-hydrogen) atoms. The predicted octanol–water partition coefficient (Wildman–Crippen LogP) is 0.590. The minimum absolute atomic E-state index is 0.0524. The Bertz CT molecular complexity index is 1010. The first-order chi connectivity index (χ1) is 14.8. The van der Waals surface area contributed by atoms with Crippen LogP contribution >= 0.6 is 11.3 Å². The fraction of sp³-hybridized carbons (Fsp3) is 0.550. The number of thiophene rings is 1. The molecule has 11 heteroatoms. The van der Waals surface area contributed by atoms with Crippen molar-refractivity contribution in [3.05, 3.63) is 38.2 Å². The first-order valence-corrected chi connectivity index (χ1v) is 11.0. The van der Waals surface area contributed by atoms with Gasteiger partial charge in [-0.3, -0.25) is 19.0 Å². The molecule has 1 atom stereocenters. The van der Waals surface area contributed by atoms with Crippen molar-refractivity contribution in [1.29, 1.82) is 0 Å². The van der Waals surface area contributed by atoms with Gasteiger partial charge in [0.2, 0.25) is 5.91 Å². The van der Waals surface area contributed by atoms with Gasteiger partial charge in [-0.2, -0.15) is 5.10 Å². The van der Waals surface area contributed by atoms with Crippen molar-refractivity contribution in [2.75, 3.05) is 26.2 Å². The molecule has 0 radical (unpaired) electrons. The maximum atomic E-state index is 13.1. The van der Waals surface area contributed by atoms with Gasteiger partial charge in [0.25, 0.3) is 12.4 Å². The fourth-order valence-corrected chi connectivity index (χ4v) is 4.88. The SMILES string of the molecule is Cc1ccc(C(=O)N2CCCN(C(=O)C3CCc4nn(C)c(=O)n4C3)CC2)s1.O=CO. The van der Waals surface area contributed by atoms with Gasteiger partial charge in [-0.25, -0.2) is 9.48 Å². The molecule has 10 nitrogen and oxygen atoms in total. The quantitative estimate of drug-likeness (QED) is 0.671. The molecule has 2 aromatic heterocycles. The minimum Gasteiger partial charge on any atom is -0.483 e. The molecule has 4 rings (SSSR count). The first-order valence-electron chi connectivity index (χ1n) is 10.2. The lowest BCUT2D eigenvalue weighted by Gasteiger charge is -2.28. The van der Waals surface area contributed by atoms with E-state index in [1.807, 2.05) is 28.9 Å². The van der Waals surface area contributed by atoms with Crippen LogP contribution in [0.1, 0.15) is 33.2 Å². The number of carboxylic acid groups (broad SMARTS) is 1. The van der Waals surface area contributed by atoms with Gasteiger partial charge in [0.1, 0.15) is 5.82 Å². The summed E-state index contributed by atoms with van der Waals surface area (Å²) in [4.78, 5) is 51.9. The second kappa shape index (κ2) is 9.90. The van der Waals surface area contributed by atoms with Crippen LogP contribution in [0.2, 0.25) is 0 Å². The Morgan fingerprint density at radius 2 is 1.87 bits per heavy atom. The van der Waals surface area contributed by atoms with Gasteiger partial charge in [0, 0.05) is 51.1 Å². The lowest BCUT2D eigenvalue weighted by molar-refractivity contribution is -0.136. The molecule has 0 saturated carbocycles. The fourth-order valence-electron chi connectivity index (χ4n) is 4.04. The lowest BCUT2D eigenvalue weighted by Crippen LogP contribution is -2.43. The van der Waals surface area contributed by atoms with Crippen LogP contribution in [0, 0.1) is 12.8 Å². The molecule has 0 aromatic carbocycles. The zero-order valence-corrected chi connectivity index (χ0v) is 18.5. The zero-order chi connectivity index (χ0) is 22.5. The van der Waals surface area contributed by atoms with Gasteiger partial charge < -0.3 is 14.9 Å². The van der Waals surface area contributed by atoms with E-state index >= 15 is 0 Å². The highest BCUT2D eigenvalue weighted by Gasteiger charge is 2.32. The molecular weight excluding hydrogens is 422 g/mol. The summed E-state index contributed by atoms with van der Waals surface area (Å²) in [5.74, 6) is 0.700. The zero-order valence-electron chi connectivity index (χ0n) is 17.7. The van der Waals surface area contributed by atoms with E-state index in [1.54, 1.807) is 11.6 Å². The molecule has 1 unspecified atom stereocenters. The van der Waals surface area contributed by atoms with Crippen molar-refractivity contribution in [3.63, 3.8) is 0 Å². The van der Waals surface area contributed by atoms with Gasteiger partial charge in [0.15, 0.2) is 0 Å². The molecule has 0 bridgehead atoms. The summed E-state index contributed by atoms with van der Waals surface area (Å²) in [6.07, 6.45) is 2.12. The van der Waals surface area contributed by atoms with Crippen molar-refractivity contribution < 1.29 is 19.5 Å². The van der Waals surface area contributed by atoms with Gasteiger partial charge >= 0.3 is 5.69 Å². The summed E-state index contributed by atoms with van der Waals surface area (Å²) in [7, 11) is 1.64. The van der Waals surface area contributed by atoms with E-state index in [4.69, 9.17) is 9.90 Å². The van der Waals surface area contributed by atoms with Crippen LogP contribution in [-0.4, -0.2) is 73.7 Å². The summed E-state index contributed by atoms with van der Waals surface area (Å²) in [5, 5.41) is 11.1. The predicted molar refractivity (Wildman–Crippen MR) is 114 cm³/mol. The maximum absolute atomic E-state index is 13.1. The summed E-state index contributed by atoms with van der Waals surface area (Å²) in [6, 6.07) is 3.84. The first kappa shape index (κ1) is 22.7. The number of rotatable bonds is 2. The number of fused-ring (bicyclic) bond motifs is 1. The molecule has 4 heterocycles. The molecule has 168 valence electrons. The number of hydrogen-bond acceptors (Lipinski definition) is 6. The Morgan fingerprint density at radius 3 is 2.55 bits per heavy atom. The Morgan fingerprint density at radius 1 is 1.19 bits per heavy atom. The van der Waals surface area contributed by atoms with Crippen LogP contribution in [0.4, 0.5) is 0 Å². The van der Waals surface area contributed by atoms with E-state index in [2.05, 4.69) is 5.10 Å². The van der Waals surface area contributed by atoms with E-state index in [9.17, 15) is 14.4 Å². The number of aryl methyl sites for hydroxylation is 3. The van der Waals surface area contributed by atoms with Crippen LogP contribution in [0.15, 0.2) is 16.9 Å². The van der Waals surface area contributed by atoms with Crippen LogP contribution in [0.25, 0.3) is 0 Å². The number of carbonyl (C=O) groups excluding carboxylic acids is 2. The number of amides is 2. The topological polar surface area (TPSA) is 118 Å². The van der Waals surface area contributed by atoms with Gasteiger partial charge in [-0.05, 0) is 31.9 Å². The monoisotopic (exact) mass is 449 g/mol. The number of aromatic nitrogens is 3. The summed E-state index contributed by atoms with van der Waals surface area (Å²) in [6.45, 7) is 4.54. The largest absolute Gasteiger partial charge is 0.483 e. The Labute approximate surface area is 183 Å². The van der Waals surface area contributed by atoms with Crippen LogP contribution < -0.4 is 5.69 Å². The van der Waals surface area contributed by atoms with E-state index in [1.165, 1.54) is 16.0 Å². The second-order valence-electron chi connectivity index (χ2n) is 7.66. The normalized spacial score (nSPS) is 18.5. The average molecular weight is 450 g/mol. The smallest absolute Gasteiger partial charge is 0.345 e. The highest BCUT2D eigenvalue weighted by molar-refractivity contribution is 7.13. The van der Waals surface area contributed by atoms with Crippen LogP contribution in [-0.2, 0) is 29.6 Å². The van der Waals surface area contributed by atoms with Gasteiger partial charge in [0.05, 0.1) is 10.8 Å². The highest BCUT2D eigenvalue weighted by Crippen LogP contribution is 2.22. The Kier molecular flexibility index (Phi) is 7.26. The minimum atomic E-state index is -0.250. The van der Waals surface area contributed by atoms with Crippen molar-refractivity contribution >= 4 is 29.6 Å². The molecule has 1 N–H and O–H groups in total. The lowest BCUT2D eigenvalue weighted by atomic mass is 9.97. The Hall–Kier alpha value is -2.95. The second-order valence-corrected chi connectivity index (χ2v) is 8.94. The van der Waals surface area contributed by atoms with E-state index < -0.39 is 0 Å². The third-order valence-electron chi connectivity index (χ3n) is 5.60. The molecule has 0 aliphatic carbocycles. The molecule has 2 aliphatic rings. The Balaban J connectivity index is 0.000000858. The van der Waals surface area contributed by atoms with E-state index in [0.29, 0.717) is 45.6 Å². The van der Waals surface area contributed by atoms with Gasteiger partial charge in [-0.1, -0.05) is 0 Å². The third-order valence-corrected chi connectivity index (χ3v) is 6.59.